The van der Waals surface area contributed by atoms with Gasteiger partial charge in [0.05, 0.1) is 5.69 Å². The Hall–Kier alpha value is -2.24. The van der Waals surface area contributed by atoms with Gasteiger partial charge >= 0.3 is 0 Å². The molecule has 0 saturated carbocycles. The number of nitrogens with two attached hydrogens (primary N) is 1. The first-order chi connectivity index (χ1) is 11.7. The third kappa shape index (κ3) is 4.19. The SMILES string of the molecule is N[C@H](CCNc1ccc(Br)c(-c2ccncc2)n1)c1ccccc1. The average molecular weight is 383 g/mol. The first-order valence-corrected chi connectivity index (χ1v) is 8.64. The molecule has 1 aromatic carbocycles. The summed E-state index contributed by atoms with van der Waals surface area (Å²) < 4.78 is 0.959. The maximum Gasteiger partial charge on any atom is 0.126 e. The van der Waals surface area contributed by atoms with Crippen molar-refractivity contribution in [3.63, 3.8) is 0 Å². The number of nitrogens with one attached hydrogen (secondary N) is 1. The van der Waals surface area contributed by atoms with Crippen LogP contribution in [0.5, 0.6) is 0 Å². The van der Waals surface area contributed by atoms with Gasteiger partial charge in [-0.2, -0.15) is 0 Å². The molecule has 4 nitrogen and oxygen atoms in total. The van der Waals surface area contributed by atoms with Crippen molar-refractivity contribution in [2.75, 3.05) is 11.9 Å². The minimum absolute atomic E-state index is 0.0221. The van der Waals surface area contributed by atoms with E-state index in [9.17, 15) is 0 Å². The Kier molecular flexibility index (Phi) is 5.56. The van der Waals surface area contributed by atoms with Crippen molar-refractivity contribution < 1.29 is 0 Å². The van der Waals surface area contributed by atoms with E-state index in [4.69, 9.17) is 5.73 Å². The predicted octanol–water partition coefficient (Wildman–Crippen LogP) is 4.41. The zero-order valence-electron chi connectivity index (χ0n) is 13.2. The monoisotopic (exact) mass is 382 g/mol. The van der Waals surface area contributed by atoms with Crippen LogP contribution in [0.4, 0.5) is 5.82 Å². The Balaban J connectivity index is 1.64. The van der Waals surface area contributed by atoms with Crippen LogP contribution in [0, 0.1) is 0 Å². The molecule has 0 aliphatic heterocycles. The molecule has 3 rings (SSSR count). The molecule has 2 aromatic heterocycles. The number of aromatic nitrogens is 2. The number of hydrogen-bond acceptors (Lipinski definition) is 4. The number of anilines is 1. The molecule has 0 bridgehead atoms. The molecule has 1 atom stereocenters. The summed E-state index contributed by atoms with van der Waals surface area (Å²) in [5.41, 5.74) is 9.31. The van der Waals surface area contributed by atoms with Crippen LogP contribution < -0.4 is 11.1 Å². The summed E-state index contributed by atoms with van der Waals surface area (Å²) >= 11 is 3.56. The van der Waals surface area contributed by atoms with E-state index in [2.05, 4.69) is 43.3 Å². The molecule has 0 aliphatic rings. The van der Waals surface area contributed by atoms with Crippen LogP contribution in [0.15, 0.2) is 71.5 Å². The molecule has 5 heteroatoms. The molecule has 3 aromatic rings. The summed E-state index contributed by atoms with van der Waals surface area (Å²) in [5, 5.41) is 3.36. The first-order valence-electron chi connectivity index (χ1n) is 7.85. The van der Waals surface area contributed by atoms with E-state index >= 15 is 0 Å². The summed E-state index contributed by atoms with van der Waals surface area (Å²) in [5.74, 6) is 0.838. The highest BCUT2D eigenvalue weighted by Gasteiger charge is 2.08. The fraction of sp³-hybridized carbons (Fsp3) is 0.158. The standard InChI is InChI=1S/C19H19BrN4/c20-16-6-7-18(24-19(16)15-8-11-22-12-9-15)23-13-10-17(21)14-4-2-1-3-5-14/h1-9,11-12,17H,10,13,21H2,(H,23,24)/t17-/m1/s1. The molecule has 0 radical (unpaired) electrons. The van der Waals surface area contributed by atoms with Crippen molar-refractivity contribution in [2.45, 2.75) is 12.5 Å². The lowest BCUT2D eigenvalue weighted by atomic mass is 10.1. The Morgan fingerprint density at radius 3 is 2.50 bits per heavy atom. The third-order valence-corrected chi connectivity index (χ3v) is 4.43. The molecule has 2 heterocycles. The fourth-order valence-electron chi connectivity index (χ4n) is 2.48. The van der Waals surface area contributed by atoms with Crippen molar-refractivity contribution in [3.05, 3.63) is 77.0 Å². The van der Waals surface area contributed by atoms with Crippen LogP contribution in [0.3, 0.4) is 0 Å². The highest BCUT2D eigenvalue weighted by Crippen LogP contribution is 2.27. The normalized spacial score (nSPS) is 11.9. The second-order valence-electron chi connectivity index (χ2n) is 5.50. The molecule has 0 spiro atoms. The van der Waals surface area contributed by atoms with E-state index in [1.54, 1.807) is 12.4 Å². The molecule has 0 fully saturated rings. The topological polar surface area (TPSA) is 63.8 Å². The largest absolute Gasteiger partial charge is 0.370 e. The van der Waals surface area contributed by atoms with E-state index in [-0.39, 0.29) is 6.04 Å². The second kappa shape index (κ2) is 8.04. The molecular weight excluding hydrogens is 364 g/mol. The zero-order valence-corrected chi connectivity index (χ0v) is 14.8. The number of benzene rings is 1. The summed E-state index contributed by atoms with van der Waals surface area (Å²) in [7, 11) is 0. The number of rotatable bonds is 6. The number of hydrogen-bond donors (Lipinski definition) is 2. The first kappa shape index (κ1) is 16.6. The lowest BCUT2D eigenvalue weighted by Gasteiger charge is -2.13. The van der Waals surface area contributed by atoms with Crippen LogP contribution >= 0.6 is 15.9 Å². The van der Waals surface area contributed by atoms with Gasteiger partial charge in [-0.3, -0.25) is 4.98 Å². The molecule has 0 amide bonds. The minimum Gasteiger partial charge on any atom is -0.370 e. The maximum atomic E-state index is 6.23. The van der Waals surface area contributed by atoms with Crippen molar-refractivity contribution in [2.24, 2.45) is 5.73 Å². The van der Waals surface area contributed by atoms with Gasteiger partial charge in [0, 0.05) is 35.0 Å². The second-order valence-corrected chi connectivity index (χ2v) is 6.35. The van der Waals surface area contributed by atoms with E-state index in [0.29, 0.717) is 0 Å². The quantitative estimate of drug-likeness (QED) is 0.662. The lowest BCUT2D eigenvalue weighted by Crippen LogP contribution is -2.15. The van der Waals surface area contributed by atoms with Gasteiger partial charge in [0.1, 0.15) is 5.82 Å². The highest BCUT2D eigenvalue weighted by atomic mass is 79.9. The van der Waals surface area contributed by atoms with Gasteiger partial charge in [0.15, 0.2) is 0 Å². The molecule has 0 aliphatic carbocycles. The Morgan fingerprint density at radius 2 is 1.75 bits per heavy atom. The third-order valence-electron chi connectivity index (χ3n) is 3.79. The van der Waals surface area contributed by atoms with Crippen LogP contribution in [0.25, 0.3) is 11.3 Å². The lowest BCUT2D eigenvalue weighted by molar-refractivity contribution is 0.674. The minimum atomic E-state index is 0.0221. The number of halogens is 1. The Labute approximate surface area is 150 Å². The molecule has 0 saturated heterocycles. The van der Waals surface area contributed by atoms with Gasteiger partial charge in [-0.05, 0) is 52.2 Å². The van der Waals surface area contributed by atoms with E-state index in [0.717, 1.165) is 40.1 Å². The highest BCUT2D eigenvalue weighted by molar-refractivity contribution is 9.10. The van der Waals surface area contributed by atoms with Crippen LogP contribution in [-0.2, 0) is 0 Å². The van der Waals surface area contributed by atoms with Gasteiger partial charge in [-0.25, -0.2) is 4.98 Å². The number of nitrogens with zero attached hydrogens (tertiary/aromatic N) is 2. The molecule has 24 heavy (non-hydrogen) atoms. The van der Waals surface area contributed by atoms with Crippen molar-refractivity contribution >= 4 is 21.7 Å². The summed E-state index contributed by atoms with van der Waals surface area (Å²) in [6.45, 7) is 0.764. The van der Waals surface area contributed by atoms with Gasteiger partial charge < -0.3 is 11.1 Å². The van der Waals surface area contributed by atoms with Gasteiger partial charge in [-0.1, -0.05) is 30.3 Å². The molecule has 3 N–H and O–H groups in total. The van der Waals surface area contributed by atoms with E-state index < -0.39 is 0 Å². The van der Waals surface area contributed by atoms with Crippen molar-refractivity contribution in [1.82, 2.24) is 9.97 Å². The molecular formula is C19H19BrN4. The van der Waals surface area contributed by atoms with Crippen molar-refractivity contribution in [3.8, 4) is 11.3 Å². The van der Waals surface area contributed by atoms with E-state index in [1.807, 2.05) is 42.5 Å². The fourth-order valence-corrected chi connectivity index (χ4v) is 2.93. The Morgan fingerprint density at radius 1 is 1.00 bits per heavy atom. The zero-order chi connectivity index (χ0) is 16.8. The van der Waals surface area contributed by atoms with Gasteiger partial charge in [-0.15, -0.1) is 0 Å². The Bertz CT molecular complexity index is 778. The van der Waals surface area contributed by atoms with E-state index in [1.165, 1.54) is 0 Å². The smallest absolute Gasteiger partial charge is 0.126 e. The molecule has 122 valence electrons. The average Bonchev–Trinajstić information content (AvgIpc) is 2.64. The van der Waals surface area contributed by atoms with Crippen LogP contribution in [-0.4, -0.2) is 16.5 Å². The maximum absolute atomic E-state index is 6.23. The summed E-state index contributed by atoms with van der Waals surface area (Å²) in [4.78, 5) is 8.73. The predicted molar refractivity (Wildman–Crippen MR) is 102 cm³/mol. The molecule has 0 unspecified atom stereocenters. The van der Waals surface area contributed by atoms with Crippen molar-refractivity contribution in [1.29, 1.82) is 0 Å². The van der Waals surface area contributed by atoms with Crippen LogP contribution in [0.2, 0.25) is 0 Å². The summed E-state index contributed by atoms with van der Waals surface area (Å²) in [6, 6.07) is 18.0. The van der Waals surface area contributed by atoms with Gasteiger partial charge in [0.2, 0.25) is 0 Å². The van der Waals surface area contributed by atoms with Crippen LogP contribution in [0.1, 0.15) is 18.0 Å². The number of pyridine rings is 2. The van der Waals surface area contributed by atoms with Gasteiger partial charge in [0.25, 0.3) is 0 Å². The summed E-state index contributed by atoms with van der Waals surface area (Å²) in [6.07, 6.45) is 4.37.